The fourth-order valence-corrected chi connectivity index (χ4v) is 5.18. The SMILES string of the molecule is COc1ccccc1C1C2CCCC(C2=O)C(c2ccccc2OC)N1C. The second-order valence-corrected chi connectivity index (χ2v) is 7.59. The smallest absolute Gasteiger partial charge is 0.142 e. The first-order valence-corrected chi connectivity index (χ1v) is 9.69. The van der Waals surface area contributed by atoms with Gasteiger partial charge in [-0.05, 0) is 32.0 Å². The van der Waals surface area contributed by atoms with Crippen molar-refractivity contribution in [2.75, 3.05) is 21.3 Å². The highest BCUT2D eigenvalue weighted by Gasteiger charge is 2.50. The number of para-hydroxylation sites is 2. The first-order chi connectivity index (χ1) is 13.2. The summed E-state index contributed by atoms with van der Waals surface area (Å²) in [5.74, 6) is 2.15. The second kappa shape index (κ2) is 7.35. The van der Waals surface area contributed by atoms with Crippen molar-refractivity contribution in [3.8, 4) is 11.5 Å². The first kappa shape index (κ1) is 18.1. The number of methoxy groups -OCH3 is 2. The van der Waals surface area contributed by atoms with Gasteiger partial charge in [-0.2, -0.15) is 0 Å². The first-order valence-electron chi connectivity index (χ1n) is 9.69. The van der Waals surface area contributed by atoms with Crippen LogP contribution < -0.4 is 9.47 Å². The summed E-state index contributed by atoms with van der Waals surface area (Å²) >= 11 is 0. The van der Waals surface area contributed by atoms with E-state index in [4.69, 9.17) is 9.47 Å². The lowest BCUT2D eigenvalue weighted by atomic mass is 9.66. The highest BCUT2D eigenvalue weighted by Crippen LogP contribution is 2.53. The average Bonchev–Trinajstić information content (AvgIpc) is 2.70. The average molecular weight is 365 g/mol. The molecule has 4 heteroatoms. The normalized spacial score (nSPS) is 28.0. The van der Waals surface area contributed by atoms with E-state index >= 15 is 0 Å². The maximum atomic E-state index is 13.4. The number of ether oxygens (including phenoxy) is 2. The number of hydrogen-bond acceptors (Lipinski definition) is 4. The number of Topliss-reactive ketones (excluding diaryl/α,β-unsaturated/α-hetero) is 1. The summed E-state index contributed by atoms with van der Waals surface area (Å²) in [6.07, 6.45) is 2.98. The van der Waals surface area contributed by atoms with E-state index < -0.39 is 0 Å². The molecule has 0 N–H and O–H groups in total. The molecule has 27 heavy (non-hydrogen) atoms. The molecule has 2 bridgehead atoms. The molecule has 1 heterocycles. The fourth-order valence-electron chi connectivity index (χ4n) is 5.18. The Balaban J connectivity index is 1.84. The van der Waals surface area contributed by atoms with Gasteiger partial charge in [-0.1, -0.05) is 42.8 Å². The van der Waals surface area contributed by atoms with Gasteiger partial charge in [-0.3, -0.25) is 9.69 Å². The fraction of sp³-hybridized carbons (Fsp3) is 0.435. The molecule has 2 aliphatic rings. The molecule has 2 aromatic rings. The Hall–Kier alpha value is -2.33. The van der Waals surface area contributed by atoms with Gasteiger partial charge in [0.2, 0.25) is 0 Å². The molecular formula is C23H27NO3. The molecule has 0 amide bonds. The number of carbonyl (C=O) groups excluding carboxylic acids is 1. The number of piperidine rings is 1. The van der Waals surface area contributed by atoms with Crippen LogP contribution in [0.3, 0.4) is 0 Å². The lowest BCUT2D eigenvalue weighted by molar-refractivity contribution is -0.143. The number of rotatable bonds is 4. The zero-order chi connectivity index (χ0) is 19.0. The van der Waals surface area contributed by atoms with Crippen LogP contribution in [0.2, 0.25) is 0 Å². The lowest BCUT2D eigenvalue weighted by Gasteiger charge is -2.51. The van der Waals surface area contributed by atoms with E-state index in [9.17, 15) is 4.79 Å². The minimum Gasteiger partial charge on any atom is -0.496 e. The van der Waals surface area contributed by atoms with E-state index in [1.54, 1.807) is 14.2 Å². The number of carbonyl (C=O) groups is 1. The van der Waals surface area contributed by atoms with Crippen LogP contribution in [0.4, 0.5) is 0 Å². The summed E-state index contributed by atoms with van der Waals surface area (Å²) in [5, 5.41) is 0. The van der Waals surface area contributed by atoms with Gasteiger partial charge in [0.05, 0.1) is 14.2 Å². The third-order valence-electron chi connectivity index (χ3n) is 6.32. The summed E-state index contributed by atoms with van der Waals surface area (Å²) < 4.78 is 11.3. The van der Waals surface area contributed by atoms with E-state index in [2.05, 4.69) is 24.1 Å². The predicted molar refractivity (Wildman–Crippen MR) is 105 cm³/mol. The van der Waals surface area contributed by atoms with E-state index in [1.165, 1.54) is 0 Å². The molecule has 4 nitrogen and oxygen atoms in total. The second-order valence-electron chi connectivity index (χ2n) is 7.59. The molecule has 2 fully saturated rings. The van der Waals surface area contributed by atoms with Gasteiger partial charge in [0, 0.05) is 35.0 Å². The maximum absolute atomic E-state index is 13.4. The van der Waals surface area contributed by atoms with Gasteiger partial charge < -0.3 is 9.47 Å². The molecule has 1 aliphatic carbocycles. The van der Waals surface area contributed by atoms with Crippen LogP contribution in [-0.4, -0.2) is 32.0 Å². The highest BCUT2D eigenvalue weighted by atomic mass is 16.5. The topological polar surface area (TPSA) is 38.8 Å². The Morgan fingerprint density at radius 1 is 0.815 bits per heavy atom. The lowest BCUT2D eigenvalue weighted by Crippen LogP contribution is -2.51. The molecule has 0 radical (unpaired) electrons. The van der Waals surface area contributed by atoms with Crippen LogP contribution in [0.25, 0.3) is 0 Å². The van der Waals surface area contributed by atoms with Gasteiger partial charge >= 0.3 is 0 Å². The number of ketones is 1. The van der Waals surface area contributed by atoms with E-state index in [0.29, 0.717) is 5.78 Å². The van der Waals surface area contributed by atoms with Gasteiger partial charge in [0.25, 0.3) is 0 Å². The number of hydrogen-bond donors (Lipinski definition) is 0. The van der Waals surface area contributed by atoms with Crippen molar-refractivity contribution < 1.29 is 14.3 Å². The summed E-state index contributed by atoms with van der Waals surface area (Å²) in [6.45, 7) is 0. The van der Waals surface area contributed by atoms with Crippen molar-refractivity contribution in [3.63, 3.8) is 0 Å². The number of fused-ring (bicyclic) bond motifs is 2. The van der Waals surface area contributed by atoms with Crippen molar-refractivity contribution >= 4 is 5.78 Å². The molecule has 4 unspecified atom stereocenters. The van der Waals surface area contributed by atoms with Crippen LogP contribution in [0.5, 0.6) is 11.5 Å². The number of nitrogens with zero attached hydrogens (tertiary/aromatic N) is 1. The zero-order valence-electron chi connectivity index (χ0n) is 16.2. The number of likely N-dealkylation sites (tertiary alicyclic amines) is 1. The minimum absolute atomic E-state index is 0.0140. The molecule has 2 aromatic carbocycles. The molecule has 1 saturated heterocycles. The minimum atomic E-state index is 0.0140. The van der Waals surface area contributed by atoms with Crippen molar-refractivity contribution in [2.24, 2.45) is 11.8 Å². The standard InChI is InChI=1S/C23H27NO3/c1-24-21(15-9-4-6-13-19(15)26-2)17-11-8-12-18(23(17)25)22(24)16-10-5-7-14-20(16)27-3/h4-7,9-10,13-14,17-18,21-22H,8,11-12H2,1-3H3. The van der Waals surface area contributed by atoms with E-state index in [-0.39, 0.29) is 23.9 Å². The molecule has 142 valence electrons. The summed E-state index contributed by atoms with van der Waals surface area (Å²) in [7, 11) is 5.54. The van der Waals surface area contributed by atoms with E-state index in [0.717, 1.165) is 41.9 Å². The van der Waals surface area contributed by atoms with Crippen LogP contribution in [0.15, 0.2) is 48.5 Å². The maximum Gasteiger partial charge on any atom is 0.142 e. The van der Waals surface area contributed by atoms with Gasteiger partial charge in [-0.25, -0.2) is 0 Å². The summed E-state index contributed by atoms with van der Waals surface area (Å²) in [4.78, 5) is 15.8. The monoisotopic (exact) mass is 365 g/mol. The zero-order valence-corrected chi connectivity index (χ0v) is 16.2. The van der Waals surface area contributed by atoms with Gasteiger partial charge in [0.1, 0.15) is 17.3 Å². The summed E-state index contributed by atoms with van der Waals surface area (Å²) in [6, 6.07) is 16.2. The highest BCUT2D eigenvalue weighted by molar-refractivity contribution is 5.87. The summed E-state index contributed by atoms with van der Waals surface area (Å²) in [5.41, 5.74) is 2.20. The van der Waals surface area contributed by atoms with Crippen LogP contribution in [-0.2, 0) is 4.79 Å². The third-order valence-corrected chi connectivity index (χ3v) is 6.32. The molecule has 1 saturated carbocycles. The Kier molecular flexibility index (Phi) is 4.92. The predicted octanol–water partition coefficient (Wildman–Crippen LogP) is 4.42. The van der Waals surface area contributed by atoms with Gasteiger partial charge in [-0.15, -0.1) is 0 Å². The van der Waals surface area contributed by atoms with Crippen LogP contribution >= 0.6 is 0 Å². The molecule has 0 aromatic heterocycles. The van der Waals surface area contributed by atoms with Crippen LogP contribution in [0.1, 0.15) is 42.5 Å². The van der Waals surface area contributed by atoms with E-state index in [1.807, 2.05) is 36.4 Å². The Morgan fingerprint density at radius 3 is 1.70 bits per heavy atom. The third kappa shape index (κ3) is 2.92. The van der Waals surface area contributed by atoms with Crippen molar-refractivity contribution in [3.05, 3.63) is 59.7 Å². The molecule has 1 aliphatic heterocycles. The Bertz CT molecular complexity index is 768. The van der Waals surface area contributed by atoms with Crippen molar-refractivity contribution in [1.29, 1.82) is 0 Å². The largest absolute Gasteiger partial charge is 0.496 e. The number of benzene rings is 2. The molecular weight excluding hydrogens is 338 g/mol. The van der Waals surface area contributed by atoms with Crippen molar-refractivity contribution in [2.45, 2.75) is 31.3 Å². The Labute approximate surface area is 161 Å². The molecule has 0 spiro atoms. The van der Waals surface area contributed by atoms with Crippen LogP contribution in [0, 0.1) is 11.8 Å². The van der Waals surface area contributed by atoms with Gasteiger partial charge in [0.15, 0.2) is 0 Å². The Morgan fingerprint density at radius 2 is 1.26 bits per heavy atom. The van der Waals surface area contributed by atoms with Crippen molar-refractivity contribution in [1.82, 2.24) is 4.90 Å². The quantitative estimate of drug-likeness (QED) is 0.804. The molecule has 4 rings (SSSR count). The molecule has 4 atom stereocenters.